The Balaban J connectivity index is 1.84. The van der Waals surface area contributed by atoms with Crippen LogP contribution in [-0.2, 0) is 0 Å². The quantitative estimate of drug-likeness (QED) is 0.425. The van der Waals surface area contributed by atoms with E-state index in [4.69, 9.17) is 9.47 Å². The molecule has 5 nitrogen and oxygen atoms in total. The monoisotopic (exact) mass is 434 g/mol. The van der Waals surface area contributed by atoms with Crippen LogP contribution in [0, 0.1) is 0 Å². The lowest BCUT2D eigenvalue weighted by Gasteiger charge is -2.28. The zero-order valence-electron chi connectivity index (χ0n) is 14.9. The second kappa shape index (κ2) is 6.49. The number of rotatable bonds is 2. The van der Waals surface area contributed by atoms with E-state index in [1.165, 1.54) is 6.33 Å². The van der Waals surface area contributed by atoms with Gasteiger partial charge in [-0.3, -0.25) is 4.79 Å². The minimum Gasteiger partial charge on any atom is -0.497 e. The summed E-state index contributed by atoms with van der Waals surface area (Å²) in [5, 5.41) is 2.11. The van der Waals surface area contributed by atoms with E-state index in [-0.39, 0.29) is 11.5 Å². The number of nitrogens with zero attached hydrogens (tertiary/aromatic N) is 1. The Hall–Kier alpha value is -3.12. The maximum absolute atomic E-state index is 12.8. The summed E-state index contributed by atoms with van der Waals surface area (Å²) in [7, 11) is 1.63. The summed E-state index contributed by atoms with van der Waals surface area (Å²) in [5.74, 6) is 1.51. The van der Waals surface area contributed by atoms with E-state index in [2.05, 4.69) is 32.0 Å². The highest BCUT2D eigenvalue weighted by atomic mass is 79.9. The summed E-state index contributed by atoms with van der Waals surface area (Å²) in [6.45, 7) is 0. The van der Waals surface area contributed by atoms with Crippen LogP contribution in [0.1, 0.15) is 22.6 Å². The third kappa shape index (κ3) is 2.60. The number of aromatic amines is 1. The first-order valence-electron chi connectivity index (χ1n) is 8.77. The van der Waals surface area contributed by atoms with Gasteiger partial charge in [0.15, 0.2) is 0 Å². The SMILES string of the molecule is COc1ccc(C2c3c(nc[nH]c3=O)Oc3ccc4cc(Br)ccc4c32)cc1. The molecule has 0 saturated carbocycles. The molecule has 5 rings (SSSR count). The second-order valence-corrected chi connectivity index (χ2v) is 7.52. The van der Waals surface area contributed by atoms with Gasteiger partial charge < -0.3 is 14.5 Å². The number of H-pyrrole nitrogens is 1. The van der Waals surface area contributed by atoms with E-state index in [0.29, 0.717) is 17.2 Å². The first kappa shape index (κ1) is 17.0. The Morgan fingerprint density at radius 3 is 2.68 bits per heavy atom. The average molecular weight is 435 g/mol. The summed E-state index contributed by atoms with van der Waals surface area (Å²) in [5.41, 5.74) is 2.24. The smallest absolute Gasteiger partial charge is 0.258 e. The van der Waals surface area contributed by atoms with Crippen molar-refractivity contribution in [3.63, 3.8) is 0 Å². The van der Waals surface area contributed by atoms with Crippen molar-refractivity contribution in [2.75, 3.05) is 7.11 Å². The molecule has 1 aliphatic heterocycles. The number of ether oxygens (including phenoxy) is 2. The molecule has 0 spiro atoms. The van der Waals surface area contributed by atoms with Gasteiger partial charge in [0.25, 0.3) is 5.56 Å². The van der Waals surface area contributed by atoms with Crippen LogP contribution >= 0.6 is 15.9 Å². The summed E-state index contributed by atoms with van der Waals surface area (Å²) in [4.78, 5) is 19.7. The van der Waals surface area contributed by atoms with Gasteiger partial charge in [-0.05, 0) is 46.7 Å². The molecule has 0 radical (unpaired) electrons. The minimum atomic E-state index is -0.299. The van der Waals surface area contributed by atoms with Crippen molar-refractivity contribution in [3.8, 4) is 17.4 Å². The van der Waals surface area contributed by atoms with Gasteiger partial charge in [-0.2, -0.15) is 0 Å². The molecule has 1 aliphatic rings. The first-order valence-corrected chi connectivity index (χ1v) is 9.56. The van der Waals surface area contributed by atoms with Crippen LogP contribution in [0.5, 0.6) is 17.4 Å². The number of fused-ring (bicyclic) bond motifs is 4. The summed E-state index contributed by atoms with van der Waals surface area (Å²) < 4.78 is 12.3. The molecule has 0 aliphatic carbocycles. The molecule has 4 aromatic rings. The molecule has 28 heavy (non-hydrogen) atoms. The Morgan fingerprint density at radius 1 is 1.07 bits per heavy atom. The molecule has 2 heterocycles. The molecule has 0 saturated heterocycles. The predicted molar refractivity (Wildman–Crippen MR) is 111 cm³/mol. The average Bonchev–Trinajstić information content (AvgIpc) is 2.72. The molecule has 0 fully saturated rings. The number of nitrogens with one attached hydrogen (secondary N) is 1. The van der Waals surface area contributed by atoms with Crippen molar-refractivity contribution in [1.29, 1.82) is 0 Å². The van der Waals surface area contributed by atoms with Crippen LogP contribution < -0.4 is 15.0 Å². The fourth-order valence-electron chi connectivity index (χ4n) is 3.80. The largest absolute Gasteiger partial charge is 0.497 e. The first-order chi connectivity index (χ1) is 13.7. The lowest BCUT2D eigenvalue weighted by Crippen LogP contribution is -2.23. The molecule has 1 unspecified atom stereocenters. The summed E-state index contributed by atoms with van der Waals surface area (Å²) in [6, 6.07) is 17.8. The Kier molecular flexibility index (Phi) is 3.94. The van der Waals surface area contributed by atoms with Crippen molar-refractivity contribution in [1.82, 2.24) is 9.97 Å². The maximum atomic E-state index is 12.8. The third-order valence-corrected chi connectivity index (χ3v) is 5.56. The molecule has 0 amide bonds. The van der Waals surface area contributed by atoms with E-state index in [9.17, 15) is 4.79 Å². The van der Waals surface area contributed by atoms with Crippen molar-refractivity contribution in [3.05, 3.63) is 92.4 Å². The lowest BCUT2D eigenvalue weighted by molar-refractivity contribution is 0.414. The van der Waals surface area contributed by atoms with E-state index in [1.54, 1.807) is 7.11 Å². The Bertz CT molecular complexity index is 1270. The highest BCUT2D eigenvalue weighted by Gasteiger charge is 2.33. The van der Waals surface area contributed by atoms with Crippen molar-refractivity contribution in [2.45, 2.75) is 5.92 Å². The molecule has 1 N–H and O–H groups in total. The molecule has 6 heteroatoms. The topological polar surface area (TPSA) is 64.2 Å². The van der Waals surface area contributed by atoms with E-state index >= 15 is 0 Å². The summed E-state index contributed by atoms with van der Waals surface area (Å²) >= 11 is 3.53. The number of hydrogen-bond donors (Lipinski definition) is 1. The molecule has 138 valence electrons. The van der Waals surface area contributed by atoms with Crippen molar-refractivity contribution >= 4 is 26.7 Å². The maximum Gasteiger partial charge on any atom is 0.258 e. The molecular weight excluding hydrogens is 420 g/mol. The molecule has 0 bridgehead atoms. The number of methoxy groups -OCH3 is 1. The van der Waals surface area contributed by atoms with Crippen LogP contribution in [0.3, 0.4) is 0 Å². The zero-order valence-corrected chi connectivity index (χ0v) is 16.5. The lowest BCUT2D eigenvalue weighted by atomic mass is 9.81. The fourth-order valence-corrected chi connectivity index (χ4v) is 4.18. The Labute approximate surface area is 169 Å². The molecule has 3 aromatic carbocycles. The van der Waals surface area contributed by atoms with Crippen LogP contribution in [-0.4, -0.2) is 17.1 Å². The minimum absolute atomic E-state index is 0.203. The van der Waals surface area contributed by atoms with Gasteiger partial charge in [0, 0.05) is 16.0 Å². The van der Waals surface area contributed by atoms with Gasteiger partial charge in [0.05, 0.1) is 19.0 Å². The normalized spacial score (nSPS) is 14.9. The van der Waals surface area contributed by atoms with Crippen LogP contribution in [0.4, 0.5) is 0 Å². The van der Waals surface area contributed by atoms with Gasteiger partial charge in [0.2, 0.25) is 5.88 Å². The summed E-state index contributed by atoms with van der Waals surface area (Å²) in [6.07, 6.45) is 1.37. The number of aromatic nitrogens is 2. The van der Waals surface area contributed by atoms with Gasteiger partial charge in [-0.15, -0.1) is 0 Å². The molecule has 1 atom stereocenters. The van der Waals surface area contributed by atoms with Crippen LogP contribution in [0.2, 0.25) is 0 Å². The van der Waals surface area contributed by atoms with Gasteiger partial charge in [0.1, 0.15) is 11.5 Å². The highest BCUT2D eigenvalue weighted by molar-refractivity contribution is 9.10. The van der Waals surface area contributed by atoms with Crippen molar-refractivity contribution < 1.29 is 9.47 Å². The van der Waals surface area contributed by atoms with E-state index in [1.807, 2.05) is 48.5 Å². The predicted octanol–water partition coefficient (Wildman–Crippen LogP) is 4.98. The van der Waals surface area contributed by atoms with Gasteiger partial charge in [-0.1, -0.05) is 40.2 Å². The van der Waals surface area contributed by atoms with Crippen LogP contribution in [0.25, 0.3) is 10.8 Å². The van der Waals surface area contributed by atoms with Gasteiger partial charge in [-0.25, -0.2) is 4.98 Å². The van der Waals surface area contributed by atoms with Crippen molar-refractivity contribution in [2.24, 2.45) is 0 Å². The number of benzene rings is 3. The fraction of sp³-hybridized carbons (Fsp3) is 0.0909. The molecular formula is C22H15BrN2O3. The number of halogens is 1. The third-order valence-electron chi connectivity index (χ3n) is 5.07. The number of hydrogen-bond acceptors (Lipinski definition) is 4. The van der Waals surface area contributed by atoms with E-state index in [0.717, 1.165) is 32.1 Å². The van der Waals surface area contributed by atoms with Crippen LogP contribution in [0.15, 0.2) is 70.2 Å². The molecule has 1 aromatic heterocycles. The Morgan fingerprint density at radius 2 is 1.89 bits per heavy atom. The van der Waals surface area contributed by atoms with Gasteiger partial charge >= 0.3 is 0 Å². The second-order valence-electron chi connectivity index (χ2n) is 6.60. The standard InChI is InChI=1S/C22H15BrN2O3/c1-27-15-6-2-12(3-7-15)18-19-16-8-5-14(23)10-13(16)4-9-17(19)28-22-20(18)21(26)24-11-25-22/h2-11,18H,1H3,(H,24,25,26). The van der Waals surface area contributed by atoms with E-state index < -0.39 is 0 Å². The highest BCUT2D eigenvalue weighted by Crippen LogP contribution is 2.48. The zero-order chi connectivity index (χ0) is 19.3.